The zero-order valence-corrected chi connectivity index (χ0v) is 8.69. The Morgan fingerprint density at radius 2 is 1.82 bits per heavy atom. The third kappa shape index (κ3) is 2.41. The first-order valence-corrected chi connectivity index (χ1v) is 4.43. The van der Waals surface area contributed by atoms with Gasteiger partial charge in [-0.15, -0.1) is 0 Å². The zero-order valence-electron chi connectivity index (χ0n) is 7.94. The summed E-state index contributed by atoms with van der Waals surface area (Å²) in [6, 6.07) is 1.06. The van der Waals surface area contributed by atoms with Crippen LogP contribution in [-0.2, 0) is 5.92 Å². The van der Waals surface area contributed by atoms with Crippen molar-refractivity contribution >= 4 is 17.5 Å². The van der Waals surface area contributed by atoms with E-state index in [1.807, 2.05) is 0 Å². The van der Waals surface area contributed by atoms with Gasteiger partial charge in [0.15, 0.2) is 0 Å². The number of rotatable bonds is 3. The summed E-state index contributed by atoms with van der Waals surface area (Å²) in [5.74, 6) is -5.94. The lowest BCUT2D eigenvalue weighted by Gasteiger charge is -2.20. The third-order valence-electron chi connectivity index (χ3n) is 1.87. The van der Waals surface area contributed by atoms with Crippen LogP contribution in [0.2, 0.25) is 0 Å². The summed E-state index contributed by atoms with van der Waals surface area (Å²) in [6.45, 7) is 0. The average molecular weight is 273 g/mol. The smallest absolute Gasteiger partial charge is 0.365 e. The lowest BCUT2D eigenvalue weighted by atomic mass is 10.2. The van der Waals surface area contributed by atoms with Crippen molar-refractivity contribution in [2.24, 2.45) is 5.73 Å². The number of aromatic amines is 1. The number of pyridine rings is 1. The number of primary amides is 1. The van der Waals surface area contributed by atoms with E-state index in [0.717, 1.165) is 0 Å². The van der Waals surface area contributed by atoms with E-state index in [4.69, 9.17) is 5.73 Å². The minimum absolute atomic E-state index is 0.442. The van der Waals surface area contributed by atoms with Gasteiger partial charge in [-0.1, -0.05) is 0 Å². The molecular weight excluding hydrogens is 268 g/mol. The molecule has 0 fully saturated rings. The molecule has 0 atom stereocenters. The van der Waals surface area contributed by atoms with Crippen LogP contribution in [0.15, 0.2) is 16.9 Å². The largest absolute Gasteiger partial charge is 0.390 e. The van der Waals surface area contributed by atoms with Crippen molar-refractivity contribution in [1.29, 1.82) is 0 Å². The van der Waals surface area contributed by atoms with Crippen LogP contribution >= 0.6 is 11.6 Å². The van der Waals surface area contributed by atoms with Crippen molar-refractivity contribution in [3.05, 3.63) is 33.7 Å². The minimum atomic E-state index is -4.87. The number of H-pyrrole nitrogens is 1. The summed E-state index contributed by atoms with van der Waals surface area (Å²) in [5, 5.41) is -4.87. The third-order valence-corrected chi connectivity index (χ3v) is 2.11. The number of nitrogens with two attached hydrogens (primary N) is 1. The molecule has 1 heterocycles. The summed E-state index contributed by atoms with van der Waals surface area (Å²) >= 11 is 4.22. The quantitative estimate of drug-likeness (QED) is 0.644. The predicted octanol–water partition coefficient (Wildman–Crippen LogP) is 1.40. The van der Waals surface area contributed by atoms with Gasteiger partial charge in [0.1, 0.15) is 5.56 Å². The molecular formula is C8H5ClF4N2O2. The molecule has 0 saturated carbocycles. The predicted molar refractivity (Wildman–Crippen MR) is 50.3 cm³/mol. The molecule has 3 N–H and O–H groups in total. The molecule has 0 radical (unpaired) electrons. The van der Waals surface area contributed by atoms with E-state index >= 15 is 0 Å². The maximum atomic E-state index is 13.0. The molecule has 0 bridgehead atoms. The zero-order chi connectivity index (χ0) is 13.4. The number of carbonyl (C=O) groups is 1. The van der Waals surface area contributed by atoms with Crippen molar-refractivity contribution in [3.8, 4) is 0 Å². The Morgan fingerprint density at radius 3 is 2.18 bits per heavy atom. The van der Waals surface area contributed by atoms with Gasteiger partial charge in [0.05, 0.1) is 5.69 Å². The molecule has 1 aromatic rings. The van der Waals surface area contributed by atoms with Crippen molar-refractivity contribution in [1.82, 2.24) is 4.98 Å². The van der Waals surface area contributed by atoms with Gasteiger partial charge in [0, 0.05) is 0 Å². The second-order valence-electron chi connectivity index (χ2n) is 3.05. The molecule has 1 amide bonds. The first-order chi connectivity index (χ1) is 7.57. The van der Waals surface area contributed by atoms with E-state index in [1.54, 1.807) is 0 Å². The number of amides is 1. The number of carbonyl (C=O) groups excluding carboxylic acids is 1. The van der Waals surface area contributed by atoms with Crippen LogP contribution < -0.4 is 11.3 Å². The molecule has 0 unspecified atom stereocenters. The lowest BCUT2D eigenvalue weighted by Crippen LogP contribution is -2.36. The first kappa shape index (κ1) is 13.5. The molecule has 0 spiro atoms. The van der Waals surface area contributed by atoms with Crippen molar-refractivity contribution < 1.29 is 22.4 Å². The number of alkyl halides is 5. The second kappa shape index (κ2) is 4.02. The molecule has 0 aromatic carbocycles. The summed E-state index contributed by atoms with van der Waals surface area (Å²) in [6.07, 6.45) is 0. The highest BCUT2D eigenvalue weighted by atomic mass is 35.5. The van der Waals surface area contributed by atoms with Crippen LogP contribution in [0.3, 0.4) is 0 Å². The van der Waals surface area contributed by atoms with Crippen LogP contribution in [0.25, 0.3) is 0 Å². The summed E-state index contributed by atoms with van der Waals surface area (Å²) in [7, 11) is 0. The highest BCUT2D eigenvalue weighted by Gasteiger charge is 2.57. The van der Waals surface area contributed by atoms with Gasteiger partial charge in [-0.25, -0.2) is 0 Å². The molecule has 1 rings (SSSR count). The van der Waals surface area contributed by atoms with Gasteiger partial charge < -0.3 is 10.7 Å². The Kier molecular flexibility index (Phi) is 3.19. The summed E-state index contributed by atoms with van der Waals surface area (Å²) < 4.78 is 50.8. The Labute approximate surface area is 96.4 Å². The molecule has 0 aliphatic carbocycles. The second-order valence-corrected chi connectivity index (χ2v) is 3.53. The lowest BCUT2D eigenvalue weighted by molar-refractivity contribution is -0.166. The molecule has 94 valence electrons. The Morgan fingerprint density at radius 1 is 1.29 bits per heavy atom. The molecule has 0 saturated heterocycles. The van der Waals surface area contributed by atoms with Gasteiger partial charge >= 0.3 is 11.3 Å². The van der Waals surface area contributed by atoms with E-state index in [-0.39, 0.29) is 0 Å². The standard InChI is InChI=1S/C8H5ClF4N2O2/c9-8(12,13)7(10,11)4-2-1-3(5(14)16)6(17)15-4/h1-2H,(H2,14,16)(H,15,17). The number of halogens is 5. The molecule has 17 heavy (non-hydrogen) atoms. The maximum absolute atomic E-state index is 13.0. The molecule has 1 aromatic heterocycles. The monoisotopic (exact) mass is 272 g/mol. The fraction of sp³-hybridized carbons (Fsp3) is 0.250. The first-order valence-electron chi connectivity index (χ1n) is 4.05. The molecule has 0 aliphatic heterocycles. The normalized spacial score (nSPS) is 12.5. The van der Waals surface area contributed by atoms with E-state index in [0.29, 0.717) is 12.1 Å². The van der Waals surface area contributed by atoms with Crippen LogP contribution in [0.1, 0.15) is 16.1 Å². The average Bonchev–Trinajstić information content (AvgIpc) is 2.14. The van der Waals surface area contributed by atoms with Crippen LogP contribution in [-0.4, -0.2) is 16.3 Å². The van der Waals surface area contributed by atoms with E-state index in [1.165, 1.54) is 4.98 Å². The Balaban J connectivity index is 3.33. The number of hydrogen-bond donors (Lipinski definition) is 2. The van der Waals surface area contributed by atoms with Gasteiger partial charge in [0.2, 0.25) is 0 Å². The van der Waals surface area contributed by atoms with Crippen LogP contribution in [0.4, 0.5) is 17.6 Å². The van der Waals surface area contributed by atoms with Crippen LogP contribution in [0, 0.1) is 0 Å². The molecule has 4 nitrogen and oxygen atoms in total. The Hall–Kier alpha value is -1.57. The van der Waals surface area contributed by atoms with Gasteiger partial charge in [0.25, 0.3) is 11.5 Å². The van der Waals surface area contributed by atoms with E-state index in [2.05, 4.69) is 11.6 Å². The van der Waals surface area contributed by atoms with Crippen molar-refractivity contribution in [2.45, 2.75) is 11.3 Å². The van der Waals surface area contributed by atoms with Crippen molar-refractivity contribution in [3.63, 3.8) is 0 Å². The number of nitrogens with one attached hydrogen (secondary N) is 1. The SMILES string of the molecule is NC(=O)c1ccc(C(F)(F)C(F)(F)Cl)[nH]c1=O. The molecule has 0 aliphatic rings. The summed E-state index contributed by atoms with van der Waals surface area (Å²) in [5.41, 5.74) is 1.41. The van der Waals surface area contributed by atoms with Gasteiger partial charge in [-0.05, 0) is 23.7 Å². The van der Waals surface area contributed by atoms with E-state index in [9.17, 15) is 27.2 Å². The fourth-order valence-electron chi connectivity index (χ4n) is 1.00. The maximum Gasteiger partial charge on any atom is 0.390 e. The van der Waals surface area contributed by atoms with Gasteiger partial charge in [-0.3, -0.25) is 9.59 Å². The number of hydrogen-bond acceptors (Lipinski definition) is 2. The molecule has 9 heteroatoms. The van der Waals surface area contributed by atoms with E-state index < -0.39 is 34.0 Å². The minimum Gasteiger partial charge on any atom is -0.365 e. The highest BCUT2D eigenvalue weighted by Crippen LogP contribution is 2.44. The van der Waals surface area contributed by atoms with Crippen LogP contribution in [0.5, 0.6) is 0 Å². The highest BCUT2D eigenvalue weighted by molar-refractivity contribution is 6.22. The fourth-order valence-corrected chi connectivity index (χ4v) is 1.11. The Bertz CT molecular complexity index is 509. The topological polar surface area (TPSA) is 76.0 Å². The summed E-state index contributed by atoms with van der Waals surface area (Å²) in [4.78, 5) is 23.1. The number of aromatic nitrogens is 1. The van der Waals surface area contributed by atoms with Crippen molar-refractivity contribution in [2.75, 3.05) is 0 Å². The van der Waals surface area contributed by atoms with Gasteiger partial charge in [-0.2, -0.15) is 17.6 Å².